The van der Waals surface area contributed by atoms with Crippen molar-refractivity contribution in [3.05, 3.63) is 53.1 Å². The number of sulfonamides is 1. The fourth-order valence-electron chi connectivity index (χ4n) is 1.67. The fraction of sp³-hybridized carbons (Fsp3) is 0.0769. The zero-order chi connectivity index (χ0) is 16.5. The number of benzene rings is 2. The first kappa shape index (κ1) is 16.4. The number of nitrogens with two attached hydrogens (primary N) is 1. The van der Waals surface area contributed by atoms with E-state index in [-0.39, 0.29) is 11.4 Å². The van der Waals surface area contributed by atoms with Crippen LogP contribution in [-0.4, -0.2) is 8.42 Å². The molecule has 3 N–H and O–H groups in total. The highest BCUT2D eigenvalue weighted by atomic mass is 35.5. The first-order valence-electron chi connectivity index (χ1n) is 5.85. The Hall–Kier alpha value is -1.93. The second-order valence-corrected chi connectivity index (χ2v) is 6.48. The molecule has 0 aliphatic heterocycles. The number of hydrogen-bond donors (Lipinski definition) is 2. The summed E-state index contributed by atoms with van der Waals surface area (Å²) < 4.78 is 64.4. The molecule has 0 aliphatic carbocycles. The third kappa shape index (κ3) is 3.63. The maximum Gasteiger partial charge on any atom is 0.416 e. The summed E-state index contributed by atoms with van der Waals surface area (Å²) in [7, 11) is -4.20. The molecule has 4 nitrogen and oxygen atoms in total. The van der Waals surface area contributed by atoms with E-state index in [4.69, 9.17) is 17.3 Å². The number of anilines is 2. The molecular weight excluding hydrogens is 341 g/mol. The smallest absolute Gasteiger partial charge is 0.397 e. The van der Waals surface area contributed by atoms with Gasteiger partial charge in [-0.25, -0.2) is 8.42 Å². The van der Waals surface area contributed by atoms with Gasteiger partial charge in [0.2, 0.25) is 0 Å². The molecule has 9 heteroatoms. The Morgan fingerprint density at radius 1 is 1.09 bits per heavy atom. The second kappa shape index (κ2) is 5.69. The van der Waals surface area contributed by atoms with Crippen LogP contribution in [0, 0.1) is 0 Å². The topological polar surface area (TPSA) is 72.2 Å². The molecule has 0 saturated carbocycles. The number of alkyl halides is 3. The predicted octanol–water partition coefficient (Wildman–Crippen LogP) is 3.74. The van der Waals surface area contributed by atoms with Gasteiger partial charge in [0.25, 0.3) is 10.0 Å². The minimum atomic E-state index is -4.63. The van der Waals surface area contributed by atoms with Crippen LogP contribution in [0.15, 0.2) is 47.4 Å². The van der Waals surface area contributed by atoms with E-state index in [0.29, 0.717) is 11.1 Å². The van der Waals surface area contributed by atoms with Crippen molar-refractivity contribution in [2.45, 2.75) is 11.1 Å². The quantitative estimate of drug-likeness (QED) is 0.828. The van der Waals surface area contributed by atoms with E-state index in [1.807, 2.05) is 0 Å². The molecule has 0 heterocycles. The largest absolute Gasteiger partial charge is 0.416 e. The van der Waals surface area contributed by atoms with E-state index >= 15 is 0 Å². The van der Waals surface area contributed by atoms with Crippen molar-refractivity contribution < 1.29 is 21.6 Å². The molecule has 0 aromatic heterocycles. The molecule has 2 aromatic rings. The minimum Gasteiger partial charge on any atom is -0.397 e. The molecule has 0 amide bonds. The van der Waals surface area contributed by atoms with E-state index in [1.54, 1.807) is 0 Å². The highest BCUT2D eigenvalue weighted by molar-refractivity contribution is 7.92. The van der Waals surface area contributed by atoms with Gasteiger partial charge in [0.15, 0.2) is 0 Å². The molecule has 0 bridgehead atoms. The summed E-state index contributed by atoms with van der Waals surface area (Å²) in [6, 6.07) is 7.46. The second-order valence-electron chi connectivity index (χ2n) is 4.36. The van der Waals surface area contributed by atoms with E-state index in [0.717, 1.165) is 18.2 Å². The molecule has 0 saturated heterocycles. The van der Waals surface area contributed by atoms with Gasteiger partial charge in [-0.3, -0.25) is 4.72 Å². The van der Waals surface area contributed by atoms with Gasteiger partial charge in [0, 0.05) is 5.02 Å². The van der Waals surface area contributed by atoms with Crippen molar-refractivity contribution >= 4 is 33.0 Å². The summed E-state index contributed by atoms with van der Waals surface area (Å²) in [4.78, 5) is -0.517. The Labute approximate surface area is 129 Å². The number of nitrogen functional groups attached to an aromatic ring is 1. The van der Waals surface area contributed by atoms with Crippen LogP contribution < -0.4 is 10.5 Å². The van der Waals surface area contributed by atoms with Gasteiger partial charge in [-0.2, -0.15) is 13.2 Å². The third-order valence-electron chi connectivity index (χ3n) is 2.73. The molecule has 0 aliphatic rings. The normalized spacial score (nSPS) is 12.2. The average molecular weight is 351 g/mol. The van der Waals surface area contributed by atoms with Crippen molar-refractivity contribution in [2.24, 2.45) is 0 Å². The van der Waals surface area contributed by atoms with Gasteiger partial charge in [-0.05, 0) is 36.4 Å². The van der Waals surface area contributed by atoms with Crippen LogP contribution in [0.3, 0.4) is 0 Å². The lowest BCUT2D eigenvalue weighted by molar-refractivity contribution is -0.137. The Bertz CT molecular complexity index is 807. The lowest BCUT2D eigenvalue weighted by Gasteiger charge is -2.12. The summed E-state index contributed by atoms with van der Waals surface area (Å²) in [5.41, 5.74) is 4.65. The predicted molar refractivity (Wildman–Crippen MR) is 78.1 cm³/mol. The van der Waals surface area contributed by atoms with Crippen molar-refractivity contribution in [3.8, 4) is 0 Å². The zero-order valence-electron chi connectivity index (χ0n) is 10.9. The highest BCUT2D eigenvalue weighted by Crippen LogP contribution is 2.31. The van der Waals surface area contributed by atoms with Crippen molar-refractivity contribution in [3.63, 3.8) is 0 Å². The summed E-state index contributed by atoms with van der Waals surface area (Å²) >= 11 is 5.69. The van der Waals surface area contributed by atoms with Crippen LogP contribution >= 0.6 is 11.6 Å². The molecule has 2 rings (SSSR count). The first-order valence-corrected chi connectivity index (χ1v) is 7.71. The van der Waals surface area contributed by atoms with Gasteiger partial charge >= 0.3 is 6.18 Å². The molecule has 0 fully saturated rings. The number of halogens is 4. The minimum absolute atomic E-state index is 0.0295. The maximum atomic E-state index is 12.6. The van der Waals surface area contributed by atoms with Crippen LogP contribution in [0.25, 0.3) is 0 Å². The Morgan fingerprint density at radius 3 is 2.36 bits per heavy atom. The lowest BCUT2D eigenvalue weighted by atomic mass is 10.2. The van der Waals surface area contributed by atoms with Crippen LogP contribution in [0.5, 0.6) is 0 Å². The molecular formula is C13H10ClF3N2O2S. The van der Waals surface area contributed by atoms with Crippen molar-refractivity contribution in [1.29, 1.82) is 0 Å². The summed E-state index contributed by atoms with van der Waals surface area (Å²) in [5.74, 6) is 0. The third-order valence-corrected chi connectivity index (χ3v) is 4.33. The van der Waals surface area contributed by atoms with Gasteiger partial charge in [0.1, 0.15) is 0 Å². The summed E-state index contributed by atoms with van der Waals surface area (Å²) in [5, 5.41) is 0.305. The van der Waals surface area contributed by atoms with Crippen molar-refractivity contribution in [1.82, 2.24) is 0 Å². The molecule has 2 aromatic carbocycles. The summed E-state index contributed by atoms with van der Waals surface area (Å²) in [6.07, 6.45) is -4.63. The number of hydrogen-bond acceptors (Lipinski definition) is 3. The van der Waals surface area contributed by atoms with Crippen LogP contribution in [-0.2, 0) is 16.2 Å². The molecule has 118 valence electrons. The Kier molecular flexibility index (Phi) is 4.25. The molecule has 0 atom stereocenters. The van der Waals surface area contributed by atoms with Gasteiger partial charge in [-0.15, -0.1) is 0 Å². The van der Waals surface area contributed by atoms with Gasteiger partial charge in [-0.1, -0.05) is 17.7 Å². The van der Waals surface area contributed by atoms with E-state index in [1.165, 1.54) is 18.2 Å². The Morgan fingerprint density at radius 2 is 1.77 bits per heavy atom. The zero-order valence-corrected chi connectivity index (χ0v) is 12.4. The highest BCUT2D eigenvalue weighted by Gasteiger charge is 2.31. The van der Waals surface area contributed by atoms with Gasteiger partial charge < -0.3 is 5.73 Å². The lowest BCUT2D eigenvalue weighted by Crippen LogP contribution is -2.15. The van der Waals surface area contributed by atoms with Crippen LogP contribution in [0.2, 0.25) is 5.02 Å². The summed E-state index contributed by atoms with van der Waals surface area (Å²) in [6.45, 7) is 0. The van der Waals surface area contributed by atoms with E-state index in [2.05, 4.69) is 4.72 Å². The van der Waals surface area contributed by atoms with Crippen LogP contribution in [0.1, 0.15) is 5.56 Å². The monoisotopic (exact) mass is 350 g/mol. The standard InChI is InChI=1S/C13H10ClF3N2O2S/c14-9-4-5-12(11(18)7-9)19-22(20,21)10-3-1-2-8(6-10)13(15,16)17/h1-7,19H,18H2. The number of rotatable bonds is 3. The molecule has 0 unspecified atom stereocenters. The fourth-order valence-corrected chi connectivity index (χ4v) is 2.98. The average Bonchev–Trinajstić information content (AvgIpc) is 2.41. The van der Waals surface area contributed by atoms with Crippen LogP contribution in [0.4, 0.5) is 24.5 Å². The molecule has 0 spiro atoms. The van der Waals surface area contributed by atoms with E-state index < -0.39 is 26.7 Å². The SMILES string of the molecule is Nc1cc(Cl)ccc1NS(=O)(=O)c1cccc(C(F)(F)F)c1. The van der Waals surface area contributed by atoms with Crippen molar-refractivity contribution in [2.75, 3.05) is 10.5 Å². The van der Waals surface area contributed by atoms with Gasteiger partial charge in [0.05, 0.1) is 21.8 Å². The maximum absolute atomic E-state index is 12.6. The molecule has 0 radical (unpaired) electrons. The Balaban J connectivity index is 2.39. The number of nitrogens with one attached hydrogen (secondary N) is 1. The molecule has 22 heavy (non-hydrogen) atoms. The first-order chi connectivity index (χ1) is 10.1. The van der Waals surface area contributed by atoms with E-state index in [9.17, 15) is 21.6 Å².